The maximum Gasteiger partial charge on any atom is 1.00 e. The minimum absolute atomic E-state index is 0. The van der Waals surface area contributed by atoms with Crippen molar-refractivity contribution in [3.8, 4) is 6.07 Å². The van der Waals surface area contributed by atoms with Gasteiger partial charge in [-0.15, -0.1) is 0 Å². The van der Waals surface area contributed by atoms with Crippen LogP contribution in [0.25, 0.3) is 0 Å². The van der Waals surface area contributed by atoms with E-state index in [1.165, 1.54) is 6.08 Å². The first-order valence-corrected chi connectivity index (χ1v) is 0.921. The summed E-state index contributed by atoms with van der Waals surface area (Å²) in [6.45, 7) is 3.12. The number of allylic oxidation sites excluding steroid dienone is 1. The first kappa shape index (κ1) is 9.56. The molecule has 0 bridgehead atoms. The van der Waals surface area contributed by atoms with Crippen LogP contribution >= 0.6 is 0 Å². The van der Waals surface area contributed by atoms with Gasteiger partial charge in [0.1, 0.15) is 0 Å². The van der Waals surface area contributed by atoms with Crippen LogP contribution in [0.3, 0.4) is 0 Å². The van der Waals surface area contributed by atoms with Gasteiger partial charge in [0, 0.05) is 6.08 Å². The molecule has 22 valence electrons. The summed E-state index contributed by atoms with van der Waals surface area (Å²) in [7, 11) is 0. The van der Waals surface area contributed by atoms with Crippen LogP contribution in [0.5, 0.6) is 0 Å². The number of hydrogen-bond acceptors (Lipinski definition) is 1. The van der Waals surface area contributed by atoms with Crippen molar-refractivity contribution < 1.29 is 70.3 Å². The normalized spacial score (nSPS) is 3.00. The van der Waals surface area contributed by atoms with Gasteiger partial charge >= 0.3 is 68.9 Å². The van der Waals surface area contributed by atoms with Crippen molar-refractivity contribution in [1.82, 2.24) is 0 Å². The smallest absolute Gasteiger partial charge is 1.00 e. The van der Waals surface area contributed by atoms with Crippen LogP contribution in [0.1, 0.15) is 1.43 Å². The Morgan fingerprint density at radius 3 is 2.20 bits per heavy atom. The van der Waals surface area contributed by atoms with E-state index in [0.717, 1.165) is 0 Å². The van der Waals surface area contributed by atoms with E-state index in [1.54, 1.807) is 6.07 Å². The van der Waals surface area contributed by atoms with E-state index >= 15 is 0 Å². The van der Waals surface area contributed by atoms with Gasteiger partial charge in [-0.1, -0.05) is 6.58 Å². The molecule has 0 spiro atoms. The molecular weight excluding hydrogens is 183 g/mol. The standard InChI is InChI=1S/C3H3N.Cs.H/c1-2-3-4;;/h2H,1H2;;/q;+1;-1. The number of rotatable bonds is 0. The third kappa shape index (κ3) is 10.9. The molecule has 0 fully saturated rings. The molecule has 0 atom stereocenters. The number of hydrogen-bond donors (Lipinski definition) is 0. The summed E-state index contributed by atoms with van der Waals surface area (Å²) in [6.07, 6.45) is 1.18. The Morgan fingerprint density at radius 1 is 2.00 bits per heavy atom. The minimum Gasteiger partial charge on any atom is -1.00 e. The van der Waals surface area contributed by atoms with E-state index in [4.69, 9.17) is 5.26 Å². The third-order valence-corrected chi connectivity index (χ3v) is 0.0913. The van der Waals surface area contributed by atoms with Crippen molar-refractivity contribution in [2.24, 2.45) is 0 Å². The van der Waals surface area contributed by atoms with Crippen LogP contribution in [0.4, 0.5) is 0 Å². The Labute approximate surface area is 92.0 Å². The summed E-state index contributed by atoms with van der Waals surface area (Å²) in [5, 5.41) is 7.51. The van der Waals surface area contributed by atoms with E-state index in [2.05, 4.69) is 6.58 Å². The fourth-order valence-electron chi connectivity index (χ4n) is 0. The van der Waals surface area contributed by atoms with Gasteiger partial charge < -0.3 is 1.43 Å². The molecule has 0 heterocycles. The molecule has 0 aliphatic heterocycles. The molecule has 0 rings (SSSR count). The zero-order valence-corrected chi connectivity index (χ0v) is 9.51. The maximum atomic E-state index is 7.51. The van der Waals surface area contributed by atoms with E-state index in [0.29, 0.717) is 0 Å². The van der Waals surface area contributed by atoms with Crippen LogP contribution in [0.15, 0.2) is 12.7 Å². The molecule has 0 unspecified atom stereocenters. The Kier molecular flexibility index (Phi) is 17.2. The first-order valence-electron chi connectivity index (χ1n) is 0.921. The summed E-state index contributed by atoms with van der Waals surface area (Å²) in [4.78, 5) is 0. The predicted molar refractivity (Wildman–Crippen MR) is 16.9 cm³/mol. The topological polar surface area (TPSA) is 23.8 Å². The van der Waals surface area contributed by atoms with Crippen molar-refractivity contribution in [3.63, 3.8) is 0 Å². The Hall–Kier alpha value is 1.28. The van der Waals surface area contributed by atoms with Crippen LogP contribution in [0, 0.1) is 11.3 Å². The van der Waals surface area contributed by atoms with Crippen molar-refractivity contribution in [2.75, 3.05) is 0 Å². The molecule has 1 nitrogen and oxygen atoms in total. The van der Waals surface area contributed by atoms with E-state index in [-0.39, 0.29) is 70.3 Å². The molecule has 0 aromatic heterocycles. The van der Waals surface area contributed by atoms with E-state index in [1.807, 2.05) is 0 Å². The van der Waals surface area contributed by atoms with Gasteiger partial charge in [0.2, 0.25) is 0 Å². The second-order valence-electron chi connectivity index (χ2n) is 0.333. The van der Waals surface area contributed by atoms with Gasteiger partial charge in [-0.05, 0) is 0 Å². The molecule has 0 radical (unpaired) electrons. The fraction of sp³-hybridized carbons (Fsp3) is 0. The van der Waals surface area contributed by atoms with Crippen molar-refractivity contribution >= 4 is 0 Å². The van der Waals surface area contributed by atoms with Crippen molar-refractivity contribution in [3.05, 3.63) is 12.7 Å². The molecule has 0 N–H and O–H groups in total. The van der Waals surface area contributed by atoms with Crippen molar-refractivity contribution in [2.45, 2.75) is 0 Å². The Morgan fingerprint density at radius 2 is 2.20 bits per heavy atom. The summed E-state index contributed by atoms with van der Waals surface area (Å²) in [5.41, 5.74) is 0. The molecule has 0 aromatic carbocycles. The molecule has 0 aliphatic carbocycles. The zero-order valence-electron chi connectivity index (χ0n) is 4.23. The van der Waals surface area contributed by atoms with Gasteiger partial charge in [-0.3, -0.25) is 0 Å². The monoisotopic (exact) mass is 187 g/mol. The third-order valence-electron chi connectivity index (χ3n) is 0.0913. The summed E-state index contributed by atoms with van der Waals surface area (Å²) in [5.74, 6) is 0. The largest absolute Gasteiger partial charge is 1.00 e. The van der Waals surface area contributed by atoms with Crippen LogP contribution in [-0.2, 0) is 0 Å². The number of nitrogens with zero attached hydrogens (tertiary/aromatic N) is 1. The molecular formula is C3H4CsN. The molecule has 5 heavy (non-hydrogen) atoms. The maximum absolute atomic E-state index is 7.51. The average molecular weight is 187 g/mol. The van der Waals surface area contributed by atoms with Crippen LogP contribution in [-0.4, -0.2) is 0 Å². The second-order valence-corrected chi connectivity index (χ2v) is 0.333. The summed E-state index contributed by atoms with van der Waals surface area (Å²) >= 11 is 0. The Balaban J connectivity index is -0.0000000450. The van der Waals surface area contributed by atoms with E-state index < -0.39 is 0 Å². The SMILES string of the molecule is C=CC#N.[Cs+].[H-]. The quantitative estimate of drug-likeness (QED) is 0.395. The molecule has 2 heteroatoms. The average Bonchev–Trinajstić information content (AvgIpc) is 1.37. The summed E-state index contributed by atoms with van der Waals surface area (Å²) in [6, 6.07) is 1.69. The fourth-order valence-corrected chi connectivity index (χ4v) is 0. The van der Waals surface area contributed by atoms with Crippen LogP contribution < -0.4 is 68.9 Å². The summed E-state index contributed by atoms with van der Waals surface area (Å²) < 4.78 is 0. The van der Waals surface area contributed by atoms with Gasteiger partial charge in [0.05, 0.1) is 6.07 Å². The second kappa shape index (κ2) is 8.99. The minimum atomic E-state index is 0. The predicted octanol–water partition coefficient (Wildman–Crippen LogP) is -2.19. The van der Waals surface area contributed by atoms with Crippen LogP contribution in [0.2, 0.25) is 0 Å². The van der Waals surface area contributed by atoms with Crippen molar-refractivity contribution in [1.29, 1.82) is 5.26 Å². The van der Waals surface area contributed by atoms with Gasteiger partial charge in [-0.25, -0.2) is 0 Å². The molecule has 0 aliphatic rings. The molecule has 0 saturated carbocycles. The first-order chi connectivity index (χ1) is 1.91. The number of nitriles is 1. The van der Waals surface area contributed by atoms with E-state index in [9.17, 15) is 0 Å². The van der Waals surface area contributed by atoms with Gasteiger partial charge in [0.15, 0.2) is 0 Å². The Bertz CT molecular complexity index is 56.3. The molecule has 0 saturated heterocycles. The zero-order chi connectivity index (χ0) is 3.41. The molecule has 0 amide bonds. The molecule has 0 aromatic rings. The van der Waals surface area contributed by atoms with Gasteiger partial charge in [-0.2, -0.15) is 5.26 Å². The van der Waals surface area contributed by atoms with Gasteiger partial charge in [0.25, 0.3) is 0 Å².